The number of rotatable bonds is 3. The normalized spacial score (nSPS) is 20.4. The van der Waals surface area contributed by atoms with Gasteiger partial charge >= 0.3 is 0 Å². The first-order chi connectivity index (χ1) is 12.0. The Kier molecular flexibility index (Phi) is 3.48. The van der Waals surface area contributed by atoms with E-state index in [0.717, 1.165) is 41.3 Å². The molecule has 2 N–H and O–H groups in total. The quantitative estimate of drug-likeness (QED) is 0.751. The van der Waals surface area contributed by atoms with Crippen molar-refractivity contribution < 1.29 is 4.79 Å². The molecule has 1 aliphatic rings. The zero-order valence-corrected chi connectivity index (χ0v) is 14.6. The largest absolute Gasteiger partial charge is 0.359 e. The second-order valence-corrected chi connectivity index (χ2v) is 6.83. The van der Waals surface area contributed by atoms with Gasteiger partial charge in [0.15, 0.2) is 5.82 Å². The highest BCUT2D eigenvalue weighted by Gasteiger charge is 2.41. The number of benzene rings is 1. The fraction of sp³-hybridized carbons (Fsp3) is 0.412. The van der Waals surface area contributed by atoms with Gasteiger partial charge < -0.3 is 15.2 Å². The number of hydrogen-bond donors (Lipinski definition) is 2. The average molecular weight is 339 g/mol. The van der Waals surface area contributed by atoms with Crippen molar-refractivity contribution in [3.8, 4) is 11.4 Å². The highest BCUT2D eigenvalue weighted by molar-refractivity contribution is 5.83. The minimum absolute atomic E-state index is 0.0714. The lowest BCUT2D eigenvalue weighted by atomic mass is 9.89. The van der Waals surface area contributed by atoms with Gasteiger partial charge in [-0.3, -0.25) is 9.36 Å². The van der Waals surface area contributed by atoms with Crippen molar-refractivity contribution >= 4 is 22.9 Å². The predicted molar refractivity (Wildman–Crippen MR) is 95.1 cm³/mol. The van der Waals surface area contributed by atoms with Crippen molar-refractivity contribution in [2.75, 3.05) is 25.0 Å². The molecule has 25 heavy (non-hydrogen) atoms. The maximum atomic E-state index is 12.1. The van der Waals surface area contributed by atoms with Crippen molar-refractivity contribution in [1.82, 2.24) is 30.0 Å². The molecule has 1 saturated heterocycles. The van der Waals surface area contributed by atoms with Gasteiger partial charge in [-0.1, -0.05) is 0 Å². The summed E-state index contributed by atoms with van der Waals surface area (Å²) in [5, 5.41) is 11.5. The molecular formula is C17H21N7O. The highest BCUT2D eigenvalue weighted by Crippen LogP contribution is 2.33. The molecule has 1 aliphatic heterocycles. The molecule has 0 aliphatic carbocycles. The number of amides is 1. The number of anilines is 1. The summed E-state index contributed by atoms with van der Waals surface area (Å²) in [6.45, 7) is 3.42. The SMILES string of the molecule is CNC(=O)C1(C)CCN(c2nnc(-c3ccc4nc[nH]c4c3)n2C)C1. The summed E-state index contributed by atoms with van der Waals surface area (Å²) in [7, 11) is 3.64. The Balaban J connectivity index is 1.64. The third kappa shape index (κ3) is 2.45. The van der Waals surface area contributed by atoms with E-state index in [2.05, 4.69) is 30.4 Å². The van der Waals surface area contributed by atoms with Crippen LogP contribution in [-0.2, 0) is 11.8 Å². The molecule has 2 aromatic heterocycles. The molecule has 130 valence electrons. The fourth-order valence-corrected chi connectivity index (χ4v) is 3.54. The van der Waals surface area contributed by atoms with Crippen LogP contribution in [0.4, 0.5) is 5.95 Å². The fourth-order valence-electron chi connectivity index (χ4n) is 3.54. The van der Waals surface area contributed by atoms with Crippen molar-refractivity contribution in [2.45, 2.75) is 13.3 Å². The van der Waals surface area contributed by atoms with Gasteiger partial charge in [-0.2, -0.15) is 0 Å². The molecule has 0 saturated carbocycles. The monoisotopic (exact) mass is 339 g/mol. The van der Waals surface area contributed by atoms with E-state index in [1.165, 1.54) is 0 Å². The Bertz CT molecular complexity index is 944. The Morgan fingerprint density at radius 2 is 2.20 bits per heavy atom. The third-order valence-electron chi connectivity index (χ3n) is 5.06. The summed E-state index contributed by atoms with van der Waals surface area (Å²) >= 11 is 0. The molecule has 1 amide bonds. The lowest BCUT2D eigenvalue weighted by Crippen LogP contribution is -2.39. The van der Waals surface area contributed by atoms with Crippen molar-refractivity contribution in [2.24, 2.45) is 12.5 Å². The summed E-state index contributed by atoms with van der Waals surface area (Å²) in [6.07, 6.45) is 2.48. The van der Waals surface area contributed by atoms with Gasteiger partial charge in [0, 0.05) is 32.7 Å². The molecule has 4 rings (SSSR count). The Morgan fingerprint density at radius 3 is 3.00 bits per heavy atom. The van der Waals surface area contributed by atoms with Crippen LogP contribution in [0.3, 0.4) is 0 Å². The van der Waals surface area contributed by atoms with Crippen LogP contribution >= 0.6 is 0 Å². The van der Waals surface area contributed by atoms with Gasteiger partial charge in [0.1, 0.15) is 0 Å². The Morgan fingerprint density at radius 1 is 1.36 bits per heavy atom. The predicted octanol–water partition coefficient (Wildman–Crippen LogP) is 1.32. The summed E-state index contributed by atoms with van der Waals surface area (Å²) in [6, 6.07) is 5.98. The number of nitrogens with one attached hydrogen (secondary N) is 2. The van der Waals surface area contributed by atoms with Gasteiger partial charge in [0.2, 0.25) is 11.9 Å². The van der Waals surface area contributed by atoms with E-state index in [-0.39, 0.29) is 5.91 Å². The third-order valence-corrected chi connectivity index (χ3v) is 5.06. The van der Waals surface area contributed by atoms with Gasteiger partial charge in [0.05, 0.1) is 22.8 Å². The van der Waals surface area contributed by atoms with Crippen LogP contribution in [0, 0.1) is 5.41 Å². The smallest absolute Gasteiger partial charge is 0.227 e. The van der Waals surface area contributed by atoms with Gasteiger partial charge in [-0.05, 0) is 31.5 Å². The molecule has 0 spiro atoms. The van der Waals surface area contributed by atoms with Gasteiger partial charge in [-0.15, -0.1) is 10.2 Å². The lowest BCUT2D eigenvalue weighted by molar-refractivity contribution is -0.128. The first-order valence-corrected chi connectivity index (χ1v) is 8.32. The second-order valence-electron chi connectivity index (χ2n) is 6.83. The Hall–Kier alpha value is -2.90. The van der Waals surface area contributed by atoms with Crippen molar-refractivity contribution in [1.29, 1.82) is 0 Å². The molecule has 1 unspecified atom stereocenters. The first-order valence-electron chi connectivity index (χ1n) is 8.32. The van der Waals surface area contributed by atoms with E-state index in [4.69, 9.17) is 0 Å². The topological polar surface area (TPSA) is 91.7 Å². The molecule has 8 heteroatoms. The van der Waals surface area contributed by atoms with E-state index in [1.54, 1.807) is 13.4 Å². The van der Waals surface area contributed by atoms with E-state index in [0.29, 0.717) is 6.54 Å². The number of nitrogens with zero attached hydrogens (tertiary/aromatic N) is 5. The molecule has 1 aromatic carbocycles. The maximum Gasteiger partial charge on any atom is 0.227 e. The molecule has 8 nitrogen and oxygen atoms in total. The highest BCUT2D eigenvalue weighted by atomic mass is 16.2. The molecule has 1 atom stereocenters. The first kappa shape index (κ1) is 15.6. The summed E-state index contributed by atoms with van der Waals surface area (Å²) < 4.78 is 1.98. The molecule has 0 bridgehead atoms. The number of carbonyl (C=O) groups is 1. The zero-order chi connectivity index (χ0) is 17.6. The van der Waals surface area contributed by atoms with Crippen LogP contribution in [-0.4, -0.2) is 50.8 Å². The minimum Gasteiger partial charge on any atom is -0.359 e. The van der Waals surface area contributed by atoms with Crippen LogP contribution < -0.4 is 10.2 Å². The van der Waals surface area contributed by atoms with Crippen LogP contribution in [0.2, 0.25) is 0 Å². The number of fused-ring (bicyclic) bond motifs is 1. The van der Waals surface area contributed by atoms with Crippen molar-refractivity contribution in [3.05, 3.63) is 24.5 Å². The maximum absolute atomic E-state index is 12.1. The van der Waals surface area contributed by atoms with Crippen LogP contribution in [0.15, 0.2) is 24.5 Å². The minimum atomic E-state index is -0.393. The van der Waals surface area contributed by atoms with E-state index in [1.807, 2.05) is 36.7 Å². The number of aromatic amines is 1. The standard InChI is InChI=1S/C17H21N7O/c1-17(15(25)18-2)6-7-24(9-17)16-22-21-14(23(16)3)11-4-5-12-13(8-11)20-10-19-12/h4-5,8,10H,6-7,9H2,1-3H3,(H,18,25)(H,19,20). The Labute approximate surface area is 145 Å². The van der Waals surface area contributed by atoms with Crippen LogP contribution in [0.1, 0.15) is 13.3 Å². The van der Waals surface area contributed by atoms with Crippen LogP contribution in [0.25, 0.3) is 22.4 Å². The zero-order valence-electron chi connectivity index (χ0n) is 14.6. The molecule has 1 fully saturated rings. The van der Waals surface area contributed by atoms with Crippen LogP contribution in [0.5, 0.6) is 0 Å². The summed E-state index contributed by atoms with van der Waals surface area (Å²) in [5.74, 6) is 1.65. The number of hydrogen-bond acceptors (Lipinski definition) is 5. The van der Waals surface area contributed by atoms with E-state index < -0.39 is 5.41 Å². The second kappa shape index (κ2) is 5.58. The summed E-state index contributed by atoms with van der Waals surface area (Å²) in [5.41, 5.74) is 2.48. The summed E-state index contributed by atoms with van der Waals surface area (Å²) in [4.78, 5) is 21.6. The molecular weight excluding hydrogens is 318 g/mol. The van der Waals surface area contributed by atoms with E-state index in [9.17, 15) is 4.79 Å². The number of imidazole rings is 1. The number of H-pyrrole nitrogens is 1. The van der Waals surface area contributed by atoms with Gasteiger partial charge in [0.25, 0.3) is 0 Å². The molecule has 3 heterocycles. The van der Waals surface area contributed by atoms with Crippen molar-refractivity contribution in [3.63, 3.8) is 0 Å². The van der Waals surface area contributed by atoms with Gasteiger partial charge in [-0.25, -0.2) is 4.98 Å². The molecule has 0 radical (unpaired) electrons. The average Bonchev–Trinajstić information content (AvgIpc) is 3.32. The molecule has 3 aromatic rings. The number of carbonyl (C=O) groups excluding carboxylic acids is 1. The number of aromatic nitrogens is 5. The lowest BCUT2D eigenvalue weighted by Gasteiger charge is -2.23. The van der Waals surface area contributed by atoms with E-state index >= 15 is 0 Å².